The van der Waals surface area contributed by atoms with Crippen molar-refractivity contribution in [3.63, 3.8) is 0 Å². The summed E-state index contributed by atoms with van der Waals surface area (Å²) in [5, 5.41) is 11.2. The maximum Gasteiger partial charge on any atom is 0.337 e. The molecule has 2 aromatic carbocycles. The number of aliphatic imine (C=N–C) groups is 1. The Balaban J connectivity index is 1.65. The number of carboxylic acid groups (broad SMARTS) is 1. The van der Waals surface area contributed by atoms with Crippen molar-refractivity contribution in [2.45, 2.75) is 37.6 Å². The molecule has 0 radical (unpaired) electrons. The summed E-state index contributed by atoms with van der Waals surface area (Å²) in [4.78, 5) is 58.6. The molecule has 5 rings (SSSR count). The monoisotopic (exact) mass is 530 g/mol. The number of anilines is 1. The van der Waals surface area contributed by atoms with Crippen molar-refractivity contribution < 1.29 is 29.0 Å². The van der Waals surface area contributed by atoms with E-state index in [9.17, 15) is 24.3 Å². The van der Waals surface area contributed by atoms with Gasteiger partial charge in [0, 0.05) is 29.3 Å². The molecule has 3 unspecified atom stereocenters. The van der Waals surface area contributed by atoms with Crippen molar-refractivity contribution in [2.75, 3.05) is 12.0 Å². The number of benzene rings is 2. The maximum atomic E-state index is 13.9. The van der Waals surface area contributed by atoms with Gasteiger partial charge in [0.1, 0.15) is 5.78 Å². The highest BCUT2D eigenvalue weighted by Crippen LogP contribution is 2.48. The van der Waals surface area contributed by atoms with Gasteiger partial charge >= 0.3 is 11.9 Å². The van der Waals surface area contributed by atoms with E-state index in [1.54, 1.807) is 53.8 Å². The number of thiophene rings is 1. The molecule has 2 heterocycles. The number of fused-ring (bicyclic) bond motifs is 2. The van der Waals surface area contributed by atoms with Gasteiger partial charge in [-0.25, -0.2) is 4.79 Å². The Labute approximate surface area is 223 Å². The predicted molar refractivity (Wildman–Crippen MR) is 143 cm³/mol. The number of ether oxygens (including phenoxy) is 1. The second-order valence-corrected chi connectivity index (χ2v) is 10.4. The van der Waals surface area contributed by atoms with Gasteiger partial charge in [-0.15, -0.1) is 11.3 Å². The Morgan fingerprint density at radius 3 is 2.47 bits per heavy atom. The number of ketones is 1. The SMILES string of the molecule is COC(=O)c1ccc(C2C3C(=O)CC(c4cccs4)CC3=Nc3ccccc3N2C(=O)CCC(=O)O)cc1. The fourth-order valence-electron chi connectivity index (χ4n) is 5.32. The van der Waals surface area contributed by atoms with Crippen molar-refractivity contribution in [2.24, 2.45) is 10.9 Å². The van der Waals surface area contributed by atoms with E-state index in [-0.39, 0.29) is 24.5 Å². The van der Waals surface area contributed by atoms with Crippen LogP contribution in [-0.4, -0.2) is 41.6 Å². The third kappa shape index (κ3) is 4.89. The number of hydrogen-bond acceptors (Lipinski definition) is 7. The average Bonchev–Trinajstić information content (AvgIpc) is 3.41. The Bertz CT molecular complexity index is 1410. The number of esters is 1. The van der Waals surface area contributed by atoms with Crippen LogP contribution in [0.2, 0.25) is 0 Å². The van der Waals surface area contributed by atoms with Crippen molar-refractivity contribution in [1.29, 1.82) is 0 Å². The lowest BCUT2D eigenvalue weighted by atomic mass is 9.73. The summed E-state index contributed by atoms with van der Waals surface area (Å²) in [6.45, 7) is 0. The van der Waals surface area contributed by atoms with Crippen LogP contribution in [0.4, 0.5) is 11.4 Å². The molecule has 0 spiro atoms. The number of amides is 1. The van der Waals surface area contributed by atoms with Crippen LogP contribution in [-0.2, 0) is 19.1 Å². The first-order chi connectivity index (χ1) is 18.4. The summed E-state index contributed by atoms with van der Waals surface area (Å²) in [7, 11) is 1.30. The number of rotatable bonds is 6. The van der Waals surface area contributed by atoms with Crippen LogP contribution in [0.25, 0.3) is 0 Å². The number of hydrogen-bond donors (Lipinski definition) is 1. The van der Waals surface area contributed by atoms with Crippen molar-refractivity contribution >= 4 is 52.1 Å². The fraction of sp³-hybridized carbons (Fsp3) is 0.276. The first-order valence-corrected chi connectivity index (χ1v) is 13.2. The highest BCUT2D eigenvalue weighted by molar-refractivity contribution is 7.10. The minimum Gasteiger partial charge on any atom is -0.481 e. The van der Waals surface area contributed by atoms with E-state index < -0.39 is 29.8 Å². The zero-order valence-electron chi connectivity index (χ0n) is 20.7. The Morgan fingerprint density at radius 1 is 1.03 bits per heavy atom. The molecule has 3 atom stereocenters. The second-order valence-electron chi connectivity index (χ2n) is 9.37. The topological polar surface area (TPSA) is 113 Å². The highest BCUT2D eigenvalue weighted by atomic mass is 32.1. The van der Waals surface area contributed by atoms with Gasteiger partial charge in [-0.05, 0) is 47.7 Å². The Hall–Kier alpha value is -4.11. The van der Waals surface area contributed by atoms with Gasteiger partial charge in [0.05, 0.1) is 42.4 Å². The minimum atomic E-state index is -1.08. The Kier molecular flexibility index (Phi) is 7.20. The van der Waals surface area contributed by atoms with E-state index >= 15 is 0 Å². The number of nitrogens with zero attached hydrogens (tertiary/aromatic N) is 2. The minimum absolute atomic E-state index is 0.00118. The average molecular weight is 531 g/mol. The number of para-hydroxylation sites is 2. The van der Waals surface area contributed by atoms with Gasteiger partial charge in [-0.2, -0.15) is 0 Å². The summed E-state index contributed by atoms with van der Waals surface area (Å²) in [5.41, 5.74) is 2.77. The van der Waals surface area contributed by atoms with Crippen LogP contribution in [0.1, 0.15) is 58.4 Å². The molecule has 9 heteroatoms. The largest absolute Gasteiger partial charge is 0.481 e. The van der Waals surface area contributed by atoms with Gasteiger partial charge in [0.2, 0.25) is 5.91 Å². The molecule has 38 heavy (non-hydrogen) atoms. The predicted octanol–water partition coefficient (Wildman–Crippen LogP) is 5.32. The van der Waals surface area contributed by atoms with Crippen molar-refractivity contribution in [1.82, 2.24) is 0 Å². The molecular formula is C29H26N2O6S. The lowest BCUT2D eigenvalue weighted by Gasteiger charge is -2.38. The van der Waals surface area contributed by atoms with Crippen LogP contribution >= 0.6 is 11.3 Å². The molecule has 1 aliphatic heterocycles. The number of carbonyl (C=O) groups excluding carboxylic acids is 3. The first kappa shape index (κ1) is 25.5. The van der Waals surface area contributed by atoms with E-state index in [0.717, 1.165) is 4.88 Å². The van der Waals surface area contributed by atoms with Gasteiger partial charge in [0.15, 0.2) is 0 Å². The van der Waals surface area contributed by atoms with Crippen LogP contribution in [0.5, 0.6) is 0 Å². The summed E-state index contributed by atoms with van der Waals surface area (Å²) in [6.07, 6.45) is 0.320. The van der Waals surface area contributed by atoms with Gasteiger partial charge < -0.3 is 14.7 Å². The lowest BCUT2D eigenvalue weighted by molar-refractivity contribution is -0.138. The standard InChI is InChI=1S/C29H26N2O6S/c1-37-29(36)18-10-8-17(9-11-18)28-27-21(15-19(16-23(27)32)24-7-4-14-38-24)30-20-5-2-3-6-22(20)31(28)25(33)12-13-26(34)35/h2-11,14,19,27-28H,12-13,15-16H2,1H3,(H,34,35). The van der Waals surface area contributed by atoms with Crippen LogP contribution in [0, 0.1) is 5.92 Å². The van der Waals surface area contributed by atoms with Gasteiger partial charge in [0.25, 0.3) is 0 Å². The zero-order valence-corrected chi connectivity index (χ0v) is 21.5. The Morgan fingerprint density at radius 2 is 1.79 bits per heavy atom. The van der Waals surface area contributed by atoms with Crippen LogP contribution in [0.15, 0.2) is 71.0 Å². The summed E-state index contributed by atoms with van der Waals surface area (Å²) >= 11 is 1.61. The van der Waals surface area contributed by atoms with Gasteiger partial charge in [-0.3, -0.25) is 19.4 Å². The van der Waals surface area contributed by atoms with E-state index in [0.29, 0.717) is 41.1 Å². The quantitative estimate of drug-likeness (QED) is 0.432. The third-order valence-electron chi connectivity index (χ3n) is 7.05. The molecule has 1 amide bonds. The molecule has 2 aliphatic rings. The maximum absolute atomic E-state index is 13.9. The molecule has 1 aliphatic carbocycles. The molecule has 1 saturated carbocycles. The second kappa shape index (κ2) is 10.7. The summed E-state index contributed by atoms with van der Waals surface area (Å²) in [5.74, 6) is -2.72. The fourth-order valence-corrected chi connectivity index (χ4v) is 6.15. The van der Waals surface area contributed by atoms with Crippen molar-refractivity contribution in [3.8, 4) is 0 Å². The molecule has 1 N–H and O–H groups in total. The number of methoxy groups -OCH3 is 1. The van der Waals surface area contributed by atoms with E-state index in [1.807, 2.05) is 23.6 Å². The van der Waals surface area contributed by atoms with E-state index in [2.05, 4.69) is 0 Å². The normalized spacial score (nSPS) is 20.6. The molecule has 1 aromatic heterocycles. The molecule has 8 nitrogen and oxygen atoms in total. The molecule has 1 fully saturated rings. The van der Waals surface area contributed by atoms with E-state index in [4.69, 9.17) is 9.73 Å². The number of Topliss-reactive ketones (excluding diaryl/α,β-unsaturated/α-hetero) is 1. The van der Waals surface area contributed by atoms with E-state index in [1.165, 1.54) is 12.0 Å². The molecule has 0 bridgehead atoms. The highest BCUT2D eigenvalue weighted by Gasteiger charge is 2.46. The number of carbonyl (C=O) groups is 4. The lowest BCUT2D eigenvalue weighted by Crippen LogP contribution is -2.45. The third-order valence-corrected chi connectivity index (χ3v) is 8.08. The van der Waals surface area contributed by atoms with Gasteiger partial charge in [-0.1, -0.05) is 30.3 Å². The zero-order chi connectivity index (χ0) is 26.8. The first-order valence-electron chi connectivity index (χ1n) is 12.3. The smallest absolute Gasteiger partial charge is 0.337 e. The summed E-state index contributed by atoms with van der Waals surface area (Å²) in [6, 6.07) is 17.1. The van der Waals surface area contributed by atoms with Crippen LogP contribution < -0.4 is 4.90 Å². The number of aliphatic carboxylic acids is 1. The molecule has 194 valence electrons. The number of carboxylic acids is 1. The molecule has 3 aromatic rings. The summed E-state index contributed by atoms with van der Waals surface area (Å²) < 4.78 is 4.82. The molecule has 0 saturated heterocycles. The molecular weight excluding hydrogens is 504 g/mol. The van der Waals surface area contributed by atoms with Crippen LogP contribution in [0.3, 0.4) is 0 Å². The van der Waals surface area contributed by atoms with Crippen molar-refractivity contribution in [3.05, 3.63) is 82.0 Å².